The fourth-order valence-corrected chi connectivity index (χ4v) is 4.33. The Morgan fingerprint density at radius 3 is 2.14 bits per heavy atom. The van der Waals surface area contributed by atoms with E-state index in [1.165, 1.54) is 0 Å². The van der Waals surface area contributed by atoms with Gasteiger partial charge in [-0.05, 0) is 55.2 Å². The summed E-state index contributed by atoms with van der Waals surface area (Å²) in [4.78, 5) is -0.232. The summed E-state index contributed by atoms with van der Waals surface area (Å²) in [5, 5.41) is 0. The van der Waals surface area contributed by atoms with Crippen LogP contribution in [0.15, 0.2) is 23.1 Å². The number of benzene rings is 1. The van der Waals surface area contributed by atoms with Crippen molar-refractivity contribution in [3.63, 3.8) is 0 Å². The van der Waals surface area contributed by atoms with Crippen molar-refractivity contribution in [1.29, 1.82) is 0 Å². The van der Waals surface area contributed by atoms with Crippen LogP contribution in [0, 0.1) is 23.0 Å². The quantitative estimate of drug-likeness (QED) is 0.914. The van der Waals surface area contributed by atoms with Crippen LogP contribution in [0.3, 0.4) is 0 Å². The van der Waals surface area contributed by atoms with Gasteiger partial charge >= 0.3 is 0 Å². The van der Waals surface area contributed by atoms with Crippen LogP contribution >= 0.6 is 0 Å². The molecule has 0 aromatic heterocycles. The van der Waals surface area contributed by atoms with E-state index in [1.807, 2.05) is 0 Å². The molecule has 0 unspecified atom stereocenters. The molecule has 1 aromatic carbocycles. The first kappa shape index (κ1) is 17.3. The summed E-state index contributed by atoms with van der Waals surface area (Å²) in [6.07, 6.45) is 3.47. The van der Waals surface area contributed by atoms with Crippen molar-refractivity contribution in [3.05, 3.63) is 29.8 Å². The molecule has 0 aliphatic heterocycles. The summed E-state index contributed by atoms with van der Waals surface area (Å²) >= 11 is 0. The Bertz CT molecular complexity index is 630. The van der Waals surface area contributed by atoms with E-state index in [9.17, 15) is 17.2 Å². The molecule has 3 nitrogen and oxygen atoms in total. The van der Waals surface area contributed by atoms with Crippen LogP contribution in [0.2, 0.25) is 0 Å². The molecule has 0 amide bonds. The molecule has 1 N–H and O–H groups in total. The lowest BCUT2D eigenvalue weighted by Crippen LogP contribution is -2.39. The Kier molecular flexibility index (Phi) is 4.92. The first-order chi connectivity index (χ1) is 10.1. The normalized spacial score (nSPS) is 23.5. The molecule has 0 atom stereocenters. The Morgan fingerprint density at radius 2 is 1.64 bits per heavy atom. The minimum absolute atomic E-state index is 0.142. The van der Waals surface area contributed by atoms with Crippen molar-refractivity contribution in [1.82, 2.24) is 4.72 Å². The largest absolute Gasteiger partial charge is 0.240 e. The number of rotatable bonds is 3. The highest BCUT2D eigenvalue weighted by atomic mass is 32.2. The smallest absolute Gasteiger partial charge is 0.208 e. The van der Waals surface area contributed by atoms with Gasteiger partial charge in [-0.2, -0.15) is 0 Å². The van der Waals surface area contributed by atoms with E-state index in [1.54, 1.807) is 0 Å². The molecule has 2 rings (SSSR count). The van der Waals surface area contributed by atoms with Crippen LogP contribution in [0.25, 0.3) is 0 Å². The fourth-order valence-electron chi connectivity index (χ4n) is 3.01. The fraction of sp³-hybridized carbons (Fsp3) is 0.625. The average Bonchev–Trinajstić information content (AvgIpc) is 2.41. The lowest BCUT2D eigenvalue weighted by Gasteiger charge is -2.37. The van der Waals surface area contributed by atoms with Gasteiger partial charge in [-0.3, -0.25) is 0 Å². The Labute approximate surface area is 131 Å². The zero-order valence-corrected chi connectivity index (χ0v) is 14.0. The van der Waals surface area contributed by atoms with Gasteiger partial charge in [0, 0.05) is 6.04 Å². The molecule has 0 spiro atoms. The predicted molar refractivity (Wildman–Crippen MR) is 81.9 cm³/mol. The molecule has 0 saturated heterocycles. The zero-order chi connectivity index (χ0) is 16.5. The minimum Gasteiger partial charge on any atom is -0.208 e. The molecule has 0 heterocycles. The van der Waals surface area contributed by atoms with Gasteiger partial charge in [-0.1, -0.05) is 20.8 Å². The van der Waals surface area contributed by atoms with Crippen molar-refractivity contribution in [2.45, 2.75) is 57.4 Å². The Morgan fingerprint density at radius 1 is 1.05 bits per heavy atom. The van der Waals surface area contributed by atoms with Crippen LogP contribution in [-0.4, -0.2) is 14.5 Å². The number of hydrogen-bond acceptors (Lipinski definition) is 2. The van der Waals surface area contributed by atoms with Crippen molar-refractivity contribution < 1.29 is 17.2 Å². The van der Waals surface area contributed by atoms with E-state index in [0.717, 1.165) is 43.9 Å². The average molecular weight is 331 g/mol. The van der Waals surface area contributed by atoms with Gasteiger partial charge in [0.1, 0.15) is 0 Å². The maximum Gasteiger partial charge on any atom is 0.240 e. The highest BCUT2D eigenvalue weighted by Gasteiger charge is 2.31. The first-order valence-electron chi connectivity index (χ1n) is 7.57. The van der Waals surface area contributed by atoms with Crippen molar-refractivity contribution in [3.8, 4) is 0 Å². The second kappa shape index (κ2) is 6.24. The lowest BCUT2D eigenvalue weighted by atomic mass is 9.71. The third-order valence-corrected chi connectivity index (χ3v) is 5.99. The molecule has 1 aliphatic rings. The summed E-state index contributed by atoms with van der Waals surface area (Å²) in [5.74, 6) is -1.62. The number of sulfonamides is 1. The summed E-state index contributed by atoms with van der Waals surface area (Å²) in [5.41, 5.74) is 0.226. The molecular weight excluding hydrogens is 308 g/mol. The molecular formula is C16H23F2NO2S. The summed E-state index contributed by atoms with van der Waals surface area (Å²) in [7, 11) is -3.81. The van der Waals surface area contributed by atoms with Gasteiger partial charge in [0.15, 0.2) is 11.6 Å². The third kappa shape index (κ3) is 4.04. The van der Waals surface area contributed by atoms with E-state index >= 15 is 0 Å². The molecule has 1 aromatic rings. The van der Waals surface area contributed by atoms with Crippen LogP contribution in [-0.2, 0) is 10.0 Å². The topological polar surface area (TPSA) is 46.2 Å². The van der Waals surface area contributed by atoms with Crippen LogP contribution in [0.5, 0.6) is 0 Å². The monoisotopic (exact) mass is 331 g/mol. The Hall–Kier alpha value is -1.01. The minimum atomic E-state index is -3.81. The van der Waals surface area contributed by atoms with Gasteiger partial charge in [0.05, 0.1) is 4.90 Å². The maximum absolute atomic E-state index is 13.2. The van der Waals surface area contributed by atoms with E-state index in [4.69, 9.17) is 0 Å². The van der Waals surface area contributed by atoms with Crippen molar-refractivity contribution >= 4 is 10.0 Å². The van der Waals surface area contributed by atoms with Crippen molar-refractivity contribution in [2.75, 3.05) is 0 Å². The van der Waals surface area contributed by atoms with E-state index in [-0.39, 0.29) is 16.4 Å². The highest BCUT2D eigenvalue weighted by Crippen LogP contribution is 2.38. The van der Waals surface area contributed by atoms with Crippen LogP contribution in [0.1, 0.15) is 46.5 Å². The second-order valence-corrected chi connectivity index (χ2v) is 8.83. The summed E-state index contributed by atoms with van der Waals surface area (Å²) in [6.45, 7) is 6.59. The molecule has 1 saturated carbocycles. The summed E-state index contributed by atoms with van der Waals surface area (Å²) < 4.78 is 53.2. The standard InChI is InChI=1S/C16H23F2NO2S/c1-16(2,3)11-4-6-12(7-5-11)19-22(20,21)13-8-9-14(17)15(18)10-13/h8-12,19H,4-7H2,1-3H3. The zero-order valence-electron chi connectivity index (χ0n) is 13.2. The van der Waals surface area contributed by atoms with Gasteiger partial charge in [-0.15, -0.1) is 0 Å². The van der Waals surface area contributed by atoms with Crippen LogP contribution < -0.4 is 4.72 Å². The van der Waals surface area contributed by atoms with E-state index < -0.39 is 21.7 Å². The number of halogens is 2. The molecule has 0 radical (unpaired) electrons. The maximum atomic E-state index is 13.2. The van der Waals surface area contributed by atoms with E-state index in [0.29, 0.717) is 5.92 Å². The summed E-state index contributed by atoms with van der Waals surface area (Å²) in [6, 6.07) is 2.50. The number of nitrogens with one attached hydrogen (secondary N) is 1. The van der Waals surface area contributed by atoms with Gasteiger partial charge in [-0.25, -0.2) is 21.9 Å². The van der Waals surface area contributed by atoms with Crippen molar-refractivity contribution in [2.24, 2.45) is 11.3 Å². The molecule has 6 heteroatoms. The predicted octanol–water partition coefficient (Wildman–Crippen LogP) is 3.85. The number of hydrogen-bond donors (Lipinski definition) is 1. The second-order valence-electron chi connectivity index (χ2n) is 7.11. The molecule has 1 fully saturated rings. The molecule has 22 heavy (non-hydrogen) atoms. The SMILES string of the molecule is CC(C)(C)C1CCC(NS(=O)(=O)c2ccc(F)c(F)c2)CC1. The van der Waals surface area contributed by atoms with Crippen LogP contribution in [0.4, 0.5) is 8.78 Å². The van der Waals surface area contributed by atoms with Gasteiger partial charge in [0.2, 0.25) is 10.0 Å². The van der Waals surface area contributed by atoms with Gasteiger partial charge in [0.25, 0.3) is 0 Å². The first-order valence-corrected chi connectivity index (χ1v) is 9.05. The molecule has 1 aliphatic carbocycles. The van der Waals surface area contributed by atoms with E-state index in [2.05, 4.69) is 25.5 Å². The molecule has 0 bridgehead atoms. The van der Waals surface area contributed by atoms with Gasteiger partial charge < -0.3 is 0 Å². The molecule has 124 valence electrons. The lowest BCUT2D eigenvalue weighted by molar-refractivity contribution is 0.166. The highest BCUT2D eigenvalue weighted by molar-refractivity contribution is 7.89. The third-order valence-electron chi connectivity index (χ3n) is 4.48. The Balaban J connectivity index is 2.03.